The van der Waals surface area contributed by atoms with Gasteiger partial charge in [0.2, 0.25) is 0 Å². The van der Waals surface area contributed by atoms with Gasteiger partial charge in [0.15, 0.2) is 22.8 Å². The van der Waals surface area contributed by atoms with Crippen molar-refractivity contribution >= 4 is 19.3 Å². The number of fused-ring (bicyclic) bond motifs is 1. The smallest absolute Gasteiger partial charge is 0.434 e. The molecule has 0 N–H and O–H groups in total. The molecule has 2 aromatic heterocycles. The van der Waals surface area contributed by atoms with Crippen molar-refractivity contribution in [2.24, 2.45) is 0 Å². The molecule has 0 aliphatic heterocycles. The van der Waals surface area contributed by atoms with Crippen molar-refractivity contribution in [3.8, 4) is 23.3 Å². The molecule has 0 saturated heterocycles. The van der Waals surface area contributed by atoms with Crippen LogP contribution >= 0.6 is 0 Å². The third-order valence-electron chi connectivity index (χ3n) is 5.26. The van der Waals surface area contributed by atoms with E-state index in [-0.39, 0.29) is 11.3 Å². The fraction of sp³-hybridized carbons (Fsp3) is 0.333. The van der Waals surface area contributed by atoms with Crippen LogP contribution in [-0.4, -0.2) is 13.3 Å². The van der Waals surface area contributed by atoms with Crippen molar-refractivity contribution in [1.29, 1.82) is 5.26 Å². The third-order valence-corrected chi connectivity index (χ3v) is 9.58. The first kappa shape index (κ1) is 23.5. The van der Waals surface area contributed by atoms with Crippen LogP contribution in [-0.2, 0) is 6.18 Å². The van der Waals surface area contributed by atoms with E-state index in [9.17, 15) is 22.0 Å². The van der Waals surface area contributed by atoms with Gasteiger partial charge < -0.3 is 13.6 Å². The maximum atomic E-state index is 14.8. The fourth-order valence-corrected chi connectivity index (χ4v) is 3.62. The molecule has 1 aromatic carbocycles. The number of aromatic nitrogens is 1. The standard InChI is InChI=1S/C21H19F5N2O3Si/c1-20(2,3)32(4,5)31-17-15-16(30-19(17)23)14(10-28-18(15)21(24,25)26)29-13-7-11(9-27)6-12(22)8-13/h6-8,10H,1-5H3. The highest BCUT2D eigenvalue weighted by molar-refractivity contribution is 6.74. The Kier molecular flexibility index (Phi) is 5.72. The number of alkyl halides is 3. The number of halogens is 5. The molecule has 3 rings (SSSR count). The summed E-state index contributed by atoms with van der Waals surface area (Å²) < 4.78 is 85.8. The minimum absolute atomic E-state index is 0.0799. The second kappa shape index (κ2) is 7.77. The first-order chi connectivity index (χ1) is 14.6. The van der Waals surface area contributed by atoms with Gasteiger partial charge in [-0.15, -0.1) is 0 Å². The summed E-state index contributed by atoms with van der Waals surface area (Å²) >= 11 is 0. The summed E-state index contributed by atoms with van der Waals surface area (Å²) in [5.74, 6) is -2.10. The van der Waals surface area contributed by atoms with Crippen LogP contribution in [0.5, 0.6) is 17.2 Å². The van der Waals surface area contributed by atoms with Crippen molar-refractivity contribution < 1.29 is 35.5 Å². The second-order valence-corrected chi connectivity index (χ2v) is 13.4. The number of hydrogen-bond acceptors (Lipinski definition) is 5. The van der Waals surface area contributed by atoms with Crippen molar-refractivity contribution in [1.82, 2.24) is 4.98 Å². The van der Waals surface area contributed by atoms with E-state index in [1.54, 1.807) is 19.2 Å². The predicted octanol–water partition coefficient (Wildman–Crippen LogP) is 7.17. The van der Waals surface area contributed by atoms with Gasteiger partial charge in [-0.25, -0.2) is 9.37 Å². The molecule has 32 heavy (non-hydrogen) atoms. The fourth-order valence-electron chi connectivity index (χ4n) is 2.62. The molecule has 0 radical (unpaired) electrons. The van der Waals surface area contributed by atoms with Crippen LogP contribution in [0.1, 0.15) is 32.0 Å². The number of ether oxygens (including phenoxy) is 1. The van der Waals surface area contributed by atoms with Gasteiger partial charge in [0.1, 0.15) is 11.6 Å². The Morgan fingerprint density at radius 2 is 1.75 bits per heavy atom. The lowest BCUT2D eigenvalue weighted by molar-refractivity contribution is -0.139. The average Bonchev–Trinajstić information content (AvgIpc) is 2.96. The summed E-state index contributed by atoms with van der Waals surface area (Å²) in [5.41, 5.74) is -2.08. The number of furan rings is 1. The van der Waals surface area contributed by atoms with E-state index >= 15 is 0 Å². The molecule has 11 heteroatoms. The summed E-state index contributed by atoms with van der Waals surface area (Å²) in [4.78, 5) is 3.41. The molecule has 0 saturated carbocycles. The van der Waals surface area contributed by atoms with E-state index in [2.05, 4.69) is 4.98 Å². The van der Waals surface area contributed by atoms with Gasteiger partial charge in [0.05, 0.1) is 23.2 Å². The Balaban J connectivity index is 2.22. The van der Waals surface area contributed by atoms with Gasteiger partial charge in [-0.3, -0.25) is 0 Å². The van der Waals surface area contributed by atoms with Crippen LogP contribution in [0.3, 0.4) is 0 Å². The summed E-state index contributed by atoms with van der Waals surface area (Å²) in [6, 6.07) is 3.40. The topological polar surface area (TPSA) is 68.3 Å². The number of hydrogen-bond donors (Lipinski definition) is 0. The van der Waals surface area contributed by atoms with Crippen LogP contribution in [0.4, 0.5) is 22.0 Å². The van der Waals surface area contributed by atoms with E-state index < -0.39 is 59.5 Å². The quantitative estimate of drug-likeness (QED) is 0.299. The highest BCUT2D eigenvalue weighted by Gasteiger charge is 2.44. The van der Waals surface area contributed by atoms with Crippen LogP contribution in [0.15, 0.2) is 28.8 Å². The Labute approximate surface area is 181 Å². The SMILES string of the molecule is CC(C)(C)[Si](C)(C)Oc1c(F)oc2c(Oc3cc(F)cc(C#N)c3)cnc(C(F)(F)F)c12. The first-order valence-corrected chi connectivity index (χ1v) is 12.3. The third kappa shape index (κ3) is 4.41. The van der Waals surface area contributed by atoms with Crippen molar-refractivity contribution in [2.45, 2.75) is 45.1 Å². The molecule has 0 spiro atoms. The van der Waals surface area contributed by atoms with Crippen molar-refractivity contribution in [2.75, 3.05) is 0 Å². The van der Waals surface area contributed by atoms with Crippen LogP contribution < -0.4 is 9.16 Å². The molecule has 0 aliphatic rings. The molecule has 0 aliphatic carbocycles. The zero-order valence-corrected chi connectivity index (χ0v) is 18.8. The summed E-state index contributed by atoms with van der Waals surface area (Å²) in [7, 11) is -2.77. The average molecular weight is 470 g/mol. The van der Waals surface area contributed by atoms with Crippen LogP contribution in [0.2, 0.25) is 18.1 Å². The maximum Gasteiger partial charge on any atom is 0.434 e. The minimum Gasteiger partial charge on any atom is -0.539 e. The molecule has 0 unspecified atom stereocenters. The van der Waals surface area contributed by atoms with E-state index in [0.29, 0.717) is 6.20 Å². The first-order valence-electron chi connectivity index (χ1n) is 9.40. The largest absolute Gasteiger partial charge is 0.539 e. The molecule has 0 amide bonds. The molecule has 3 aromatic rings. The number of nitrogens with zero attached hydrogens (tertiary/aromatic N) is 2. The molecule has 0 fully saturated rings. The van der Waals surface area contributed by atoms with E-state index in [1.165, 1.54) is 6.07 Å². The molecule has 0 atom stereocenters. The van der Waals surface area contributed by atoms with E-state index in [0.717, 1.165) is 12.1 Å². The van der Waals surface area contributed by atoms with Crippen LogP contribution in [0, 0.1) is 23.2 Å². The van der Waals surface area contributed by atoms with Crippen molar-refractivity contribution in [3.05, 3.63) is 47.5 Å². The number of pyridine rings is 1. The Hall–Kier alpha value is -3.13. The Bertz CT molecular complexity index is 1220. The summed E-state index contributed by atoms with van der Waals surface area (Å²) in [5, 5.41) is 7.80. The summed E-state index contributed by atoms with van der Waals surface area (Å²) in [6.45, 7) is 9.00. The molecule has 5 nitrogen and oxygen atoms in total. The van der Waals surface area contributed by atoms with E-state index in [4.69, 9.17) is 18.8 Å². The maximum absolute atomic E-state index is 14.8. The van der Waals surface area contributed by atoms with Gasteiger partial charge in [-0.2, -0.15) is 22.8 Å². The predicted molar refractivity (Wildman–Crippen MR) is 108 cm³/mol. The highest BCUT2D eigenvalue weighted by atomic mass is 28.4. The molecule has 0 bridgehead atoms. The Morgan fingerprint density at radius 3 is 2.31 bits per heavy atom. The van der Waals surface area contributed by atoms with Gasteiger partial charge in [-0.05, 0) is 30.3 Å². The van der Waals surface area contributed by atoms with Crippen LogP contribution in [0.25, 0.3) is 11.0 Å². The monoisotopic (exact) mass is 470 g/mol. The van der Waals surface area contributed by atoms with Gasteiger partial charge in [0.25, 0.3) is 8.32 Å². The van der Waals surface area contributed by atoms with Crippen molar-refractivity contribution in [3.63, 3.8) is 0 Å². The number of benzene rings is 1. The number of nitriles is 1. The van der Waals surface area contributed by atoms with Gasteiger partial charge >= 0.3 is 12.2 Å². The molecule has 170 valence electrons. The lowest BCUT2D eigenvalue weighted by Crippen LogP contribution is -2.44. The number of rotatable bonds is 4. The minimum atomic E-state index is -4.94. The Morgan fingerprint density at radius 1 is 1.09 bits per heavy atom. The van der Waals surface area contributed by atoms with Gasteiger partial charge in [0, 0.05) is 6.07 Å². The highest BCUT2D eigenvalue weighted by Crippen LogP contribution is 2.47. The summed E-state index contributed by atoms with van der Waals surface area (Å²) in [6.07, 6.45) is -4.24. The molecule has 2 heterocycles. The second-order valence-electron chi connectivity index (χ2n) is 8.63. The lowest BCUT2D eigenvalue weighted by atomic mass is 10.2. The van der Waals surface area contributed by atoms with E-state index in [1.807, 2.05) is 20.8 Å². The molecular weight excluding hydrogens is 451 g/mol. The zero-order valence-electron chi connectivity index (χ0n) is 17.8. The normalized spacial score (nSPS) is 12.7. The molecular formula is C21H19F5N2O3Si. The lowest BCUT2D eigenvalue weighted by Gasteiger charge is -2.36. The van der Waals surface area contributed by atoms with Gasteiger partial charge in [-0.1, -0.05) is 20.8 Å². The zero-order chi connectivity index (χ0) is 24.1.